The van der Waals surface area contributed by atoms with Crippen molar-refractivity contribution in [1.29, 1.82) is 0 Å². The standard InChI is InChI=1S/C18H21NO/c1-4-17(15-10-6-5-7-11-15)19-18(20)16-12-8-9-13(2)14(16)3/h5-12,17H,4H2,1-3H3,(H,19,20)/t17-/m0/s1. The number of hydrogen-bond donors (Lipinski definition) is 1. The van der Waals surface area contributed by atoms with Gasteiger partial charge in [-0.1, -0.05) is 49.4 Å². The number of benzene rings is 2. The molecule has 0 saturated carbocycles. The van der Waals surface area contributed by atoms with Gasteiger partial charge >= 0.3 is 0 Å². The monoisotopic (exact) mass is 267 g/mol. The largest absolute Gasteiger partial charge is 0.345 e. The van der Waals surface area contributed by atoms with Crippen molar-refractivity contribution in [2.45, 2.75) is 33.2 Å². The van der Waals surface area contributed by atoms with Crippen LogP contribution in [-0.4, -0.2) is 5.91 Å². The average molecular weight is 267 g/mol. The molecule has 1 amide bonds. The maximum Gasteiger partial charge on any atom is 0.252 e. The Morgan fingerprint density at radius 2 is 1.75 bits per heavy atom. The molecule has 2 nitrogen and oxygen atoms in total. The minimum absolute atomic E-state index is 0.00176. The highest BCUT2D eigenvalue weighted by Gasteiger charge is 2.15. The molecular weight excluding hydrogens is 246 g/mol. The van der Waals surface area contributed by atoms with Crippen LogP contribution < -0.4 is 5.32 Å². The van der Waals surface area contributed by atoms with Gasteiger partial charge in [-0.05, 0) is 43.0 Å². The molecule has 0 unspecified atom stereocenters. The molecule has 0 heterocycles. The Morgan fingerprint density at radius 3 is 2.40 bits per heavy atom. The molecule has 0 aliphatic heterocycles. The Bertz CT molecular complexity index is 590. The first-order valence-corrected chi connectivity index (χ1v) is 7.05. The molecular formula is C18H21NO. The van der Waals surface area contributed by atoms with Gasteiger partial charge in [0.05, 0.1) is 6.04 Å². The van der Waals surface area contributed by atoms with E-state index in [1.165, 1.54) is 0 Å². The molecule has 0 aliphatic carbocycles. The smallest absolute Gasteiger partial charge is 0.252 e. The average Bonchev–Trinajstić information content (AvgIpc) is 2.48. The molecule has 1 atom stereocenters. The van der Waals surface area contributed by atoms with E-state index in [4.69, 9.17) is 0 Å². The van der Waals surface area contributed by atoms with Crippen LogP contribution in [0.1, 0.15) is 46.4 Å². The third-order valence-electron chi connectivity index (χ3n) is 3.76. The fourth-order valence-electron chi connectivity index (χ4n) is 2.34. The van der Waals surface area contributed by atoms with Crippen molar-refractivity contribution in [3.8, 4) is 0 Å². The summed E-state index contributed by atoms with van der Waals surface area (Å²) in [6.07, 6.45) is 0.876. The number of nitrogens with one attached hydrogen (secondary N) is 1. The van der Waals surface area contributed by atoms with Crippen molar-refractivity contribution in [2.24, 2.45) is 0 Å². The van der Waals surface area contributed by atoms with Crippen LogP contribution in [0.4, 0.5) is 0 Å². The normalized spacial score (nSPS) is 11.9. The Balaban J connectivity index is 2.20. The molecule has 0 radical (unpaired) electrons. The van der Waals surface area contributed by atoms with E-state index in [-0.39, 0.29) is 11.9 Å². The van der Waals surface area contributed by atoms with Crippen LogP contribution in [0, 0.1) is 13.8 Å². The summed E-state index contributed by atoms with van der Waals surface area (Å²) in [6.45, 7) is 6.11. The van der Waals surface area contributed by atoms with Crippen LogP contribution >= 0.6 is 0 Å². The first kappa shape index (κ1) is 14.3. The molecule has 1 N–H and O–H groups in total. The van der Waals surface area contributed by atoms with Crippen molar-refractivity contribution in [2.75, 3.05) is 0 Å². The highest BCUT2D eigenvalue weighted by Crippen LogP contribution is 2.18. The Labute approximate surface area is 120 Å². The second kappa shape index (κ2) is 6.38. The van der Waals surface area contributed by atoms with Crippen LogP contribution in [-0.2, 0) is 0 Å². The molecule has 0 spiro atoms. The fourth-order valence-corrected chi connectivity index (χ4v) is 2.34. The van der Waals surface area contributed by atoms with Crippen LogP contribution in [0.15, 0.2) is 48.5 Å². The maximum absolute atomic E-state index is 12.4. The number of aryl methyl sites for hydroxylation is 1. The van der Waals surface area contributed by atoms with Gasteiger partial charge in [0.15, 0.2) is 0 Å². The predicted octanol–water partition coefficient (Wildman–Crippen LogP) is 4.18. The fraction of sp³-hybridized carbons (Fsp3) is 0.278. The van der Waals surface area contributed by atoms with Crippen LogP contribution in [0.5, 0.6) is 0 Å². The summed E-state index contributed by atoms with van der Waals surface area (Å²) in [5.74, 6) is 0.00176. The second-order valence-electron chi connectivity index (χ2n) is 5.09. The van der Waals surface area contributed by atoms with Crippen molar-refractivity contribution in [1.82, 2.24) is 5.32 Å². The van der Waals surface area contributed by atoms with Crippen molar-refractivity contribution in [3.05, 3.63) is 70.8 Å². The molecule has 2 heteroatoms. The zero-order valence-corrected chi connectivity index (χ0v) is 12.3. The van der Waals surface area contributed by atoms with E-state index in [9.17, 15) is 4.79 Å². The van der Waals surface area contributed by atoms with E-state index < -0.39 is 0 Å². The molecule has 104 valence electrons. The molecule has 0 bridgehead atoms. The molecule has 2 aromatic rings. The number of carbonyl (C=O) groups is 1. The van der Waals surface area contributed by atoms with E-state index in [1.807, 2.05) is 50.2 Å². The Morgan fingerprint density at radius 1 is 1.05 bits per heavy atom. The first-order valence-electron chi connectivity index (χ1n) is 7.05. The van der Waals surface area contributed by atoms with Crippen LogP contribution in [0.3, 0.4) is 0 Å². The van der Waals surface area contributed by atoms with Crippen molar-refractivity contribution < 1.29 is 4.79 Å². The summed E-state index contributed by atoms with van der Waals surface area (Å²) >= 11 is 0. The number of hydrogen-bond acceptors (Lipinski definition) is 1. The summed E-state index contributed by atoms with van der Waals surface area (Å²) in [4.78, 5) is 12.4. The van der Waals surface area contributed by atoms with Gasteiger partial charge in [-0.25, -0.2) is 0 Å². The van der Waals surface area contributed by atoms with E-state index in [2.05, 4.69) is 24.4 Å². The van der Waals surface area contributed by atoms with Gasteiger partial charge in [-0.15, -0.1) is 0 Å². The molecule has 2 rings (SSSR count). The summed E-state index contributed by atoms with van der Waals surface area (Å²) in [5.41, 5.74) is 4.10. The molecule has 0 aliphatic rings. The highest BCUT2D eigenvalue weighted by molar-refractivity contribution is 5.96. The molecule has 2 aromatic carbocycles. The zero-order chi connectivity index (χ0) is 14.5. The molecule has 0 aromatic heterocycles. The molecule has 20 heavy (non-hydrogen) atoms. The van der Waals surface area contributed by atoms with E-state index >= 15 is 0 Å². The highest BCUT2D eigenvalue weighted by atomic mass is 16.1. The predicted molar refractivity (Wildman–Crippen MR) is 82.9 cm³/mol. The van der Waals surface area contributed by atoms with Crippen molar-refractivity contribution >= 4 is 5.91 Å². The van der Waals surface area contributed by atoms with E-state index in [0.29, 0.717) is 0 Å². The summed E-state index contributed by atoms with van der Waals surface area (Å²) in [6, 6.07) is 16.0. The summed E-state index contributed by atoms with van der Waals surface area (Å²) < 4.78 is 0. The number of carbonyl (C=O) groups excluding carboxylic acids is 1. The summed E-state index contributed by atoms with van der Waals surface area (Å²) in [7, 11) is 0. The third-order valence-corrected chi connectivity index (χ3v) is 3.76. The number of rotatable bonds is 4. The van der Waals surface area contributed by atoms with Gasteiger partial charge in [0, 0.05) is 5.56 Å². The van der Waals surface area contributed by atoms with Crippen LogP contribution in [0.25, 0.3) is 0 Å². The lowest BCUT2D eigenvalue weighted by molar-refractivity contribution is 0.0935. The van der Waals surface area contributed by atoms with E-state index in [1.54, 1.807) is 0 Å². The SMILES string of the molecule is CC[C@H](NC(=O)c1cccc(C)c1C)c1ccccc1. The number of amides is 1. The lowest BCUT2D eigenvalue weighted by Crippen LogP contribution is -2.28. The lowest BCUT2D eigenvalue weighted by atomic mass is 10.0. The van der Waals surface area contributed by atoms with Gasteiger partial charge in [0.1, 0.15) is 0 Å². The maximum atomic E-state index is 12.4. The minimum atomic E-state index is 0.00176. The van der Waals surface area contributed by atoms with Gasteiger partial charge in [-0.2, -0.15) is 0 Å². The minimum Gasteiger partial charge on any atom is -0.345 e. The Kier molecular flexibility index (Phi) is 4.57. The second-order valence-corrected chi connectivity index (χ2v) is 5.09. The topological polar surface area (TPSA) is 29.1 Å². The molecule has 0 fully saturated rings. The first-order chi connectivity index (χ1) is 9.63. The Hall–Kier alpha value is -2.09. The van der Waals surface area contributed by atoms with E-state index in [0.717, 1.165) is 28.7 Å². The van der Waals surface area contributed by atoms with Crippen LogP contribution in [0.2, 0.25) is 0 Å². The van der Waals surface area contributed by atoms with Gasteiger partial charge in [0.2, 0.25) is 0 Å². The lowest BCUT2D eigenvalue weighted by Gasteiger charge is -2.18. The van der Waals surface area contributed by atoms with Gasteiger partial charge in [0.25, 0.3) is 5.91 Å². The zero-order valence-electron chi connectivity index (χ0n) is 12.3. The molecule has 0 saturated heterocycles. The van der Waals surface area contributed by atoms with Crippen molar-refractivity contribution in [3.63, 3.8) is 0 Å². The summed E-state index contributed by atoms with van der Waals surface area (Å²) in [5, 5.41) is 3.13. The third kappa shape index (κ3) is 3.08. The quantitative estimate of drug-likeness (QED) is 0.884. The van der Waals surface area contributed by atoms with Gasteiger partial charge < -0.3 is 5.32 Å². The van der Waals surface area contributed by atoms with Gasteiger partial charge in [-0.3, -0.25) is 4.79 Å².